The Bertz CT molecular complexity index is 176. The molecule has 0 aromatic heterocycles. The molecular weight excluding hydrogens is 217 g/mol. The van der Waals surface area contributed by atoms with E-state index in [-0.39, 0.29) is 12.8 Å². The van der Waals surface area contributed by atoms with Gasteiger partial charge in [-0.3, -0.25) is 0 Å². The quantitative estimate of drug-likeness (QED) is 0.622. The molecule has 1 N–H and O–H groups in total. The van der Waals surface area contributed by atoms with Crippen molar-refractivity contribution in [3.8, 4) is 0 Å². The lowest BCUT2D eigenvalue weighted by Crippen LogP contribution is -2.24. The van der Waals surface area contributed by atoms with E-state index in [1.807, 2.05) is 0 Å². The number of unbranched alkanes of at least 4 members (excludes halogenated alkanes) is 3. The zero-order chi connectivity index (χ0) is 12.7. The van der Waals surface area contributed by atoms with Gasteiger partial charge in [0.25, 0.3) is 0 Å². The first-order valence-corrected chi connectivity index (χ1v) is 6.06. The van der Waals surface area contributed by atoms with Crippen LogP contribution in [-0.4, -0.2) is 16.9 Å². The van der Waals surface area contributed by atoms with E-state index in [4.69, 9.17) is 0 Å². The van der Waals surface area contributed by atoms with Crippen molar-refractivity contribution in [3.05, 3.63) is 0 Å². The third-order valence-corrected chi connectivity index (χ3v) is 2.74. The lowest BCUT2D eigenvalue weighted by molar-refractivity contribution is -0.137. The average Bonchev–Trinajstić information content (AvgIpc) is 2.10. The molecule has 4 heteroatoms. The summed E-state index contributed by atoms with van der Waals surface area (Å²) in [6, 6.07) is 0. The highest BCUT2D eigenvalue weighted by Crippen LogP contribution is 2.27. The molecule has 98 valence electrons. The Labute approximate surface area is 96.0 Å². The van der Waals surface area contributed by atoms with Crippen molar-refractivity contribution in [3.63, 3.8) is 0 Å². The maximum atomic E-state index is 11.9. The van der Waals surface area contributed by atoms with Gasteiger partial charge in [-0.2, -0.15) is 13.2 Å². The molecule has 1 atom stereocenters. The van der Waals surface area contributed by atoms with E-state index in [2.05, 4.69) is 6.92 Å². The second-order valence-corrected chi connectivity index (χ2v) is 4.78. The van der Waals surface area contributed by atoms with Gasteiger partial charge in [-0.05, 0) is 26.2 Å². The number of alkyl halides is 3. The molecular formula is C12H23F3O. The fraction of sp³-hybridized carbons (Fsp3) is 1.00. The van der Waals surface area contributed by atoms with Crippen LogP contribution in [0.5, 0.6) is 0 Å². The topological polar surface area (TPSA) is 20.2 Å². The van der Waals surface area contributed by atoms with Crippen LogP contribution in [0.15, 0.2) is 0 Å². The van der Waals surface area contributed by atoms with Crippen LogP contribution in [0, 0.1) is 0 Å². The van der Waals surface area contributed by atoms with Crippen LogP contribution in [0.25, 0.3) is 0 Å². The summed E-state index contributed by atoms with van der Waals surface area (Å²) in [6.07, 6.45) is 0.151. The van der Waals surface area contributed by atoms with E-state index in [0.717, 1.165) is 25.7 Å². The van der Waals surface area contributed by atoms with Crippen molar-refractivity contribution in [2.75, 3.05) is 0 Å². The first-order valence-electron chi connectivity index (χ1n) is 6.06. The second kappa shape index (κ2) is 7.15. The van der Waals surface area contributed by atoms with Gasteiger partial charge >= 0.3 is 6.18 Å². The number of hydrogen-bond acceptors (Lipinski definition) is 1. The lowest BCUT2D eigenvalue weighted by Gasteiger charge is -2.23. The molecule has 0 spiro atoms. The van der Waals surface area contributed by atoms with Gasteiger partial charge in [-0.15, -0.1) is 0 Å². The molecule has 16 heavy (non-hydrogen) atoms. The van der Waals surface area contributed by atoms with E-state index in [1.54, 1.807) is 6.92 Å². The van der Waals surface area contributed by atoms with Crippen molar-refractivity contribution in [1.29, 1.82) is 0 Å². The zero-order valence-electron chi connectivity index (χ0n) is 10.2. The van der Waals surface area contributed by atoms with E-state index in [9.17, 15) is 18.3 Å². The maximum Gasteiger partial charge on any atom is 0.389 e. The molecule has 0 radical (unpaired) electrons. The minimum Gasteiger partial charge on any atom is -0.390 e. The molecule has 1 unspecified atom stereocenters. The summed E-state index contributed by atoms with van der Waals surface area (Å²) in [5, 5.41) is 9.84. The molecule has 0 aliphatic carbocycles. The summed E-state index contributed by atoms with van der Waals surface area (Å²) in [5.74, 6) is 0. The number of rotatable bonds is 8. The summed E-state index contributed by atoms with van der Waals surface area (Å²) in [4.78, 5) is 0. The molecule has 0 rings (SSSR count). The van der Waals surface area contributed by atoms with Crippen molar-refractivity contribution < 1.29 is 18.3 Å². The third kappa shape index (κ3) is 10.3. The van der Waals surface area contributed by atoms with Gasteiger partial charge in [0.05, 0.1) is 5.60 Å². The Morgan fingerprint density at radius 3 is 1.94 bits per heavy atom. The summed E-state index contributed by atoms with van der Waals surface area (Å²) in [6.45, 7) is 3.73. The van der Waals surface area contributed by atoms with Crippen molar-refractivity contribution >= 4 is 0 Å². The van der Waals surface area contributed by atoms with Gasteiger partial charge < -0.3 is 5.11 Å². The smallest absolute Gasteiger partial charge is 0.389 e. The molecule has 0 heterocycles. The van der Waals surface area contributed by atoms with E-state index >= 15 is 0 Å². The van der Waals surface area contributed by atoms with Crippen molar-refractivity contribution in [1.82, 2.24) is 0 Å². The van der Waals surface area contributed by atoms with Gasteiger partial charge in [0, 0.05) is 6.42 Å². The molecule has 0 aliphatic heterocycles. The number of aliphatic hydroxyl groups is 1. The van der Waals surface area contributed by atoms with Crippen LogP contribution in [0.2, 0.25) is 0 Å². The van der Waals surface area contributed by atoms with Crippen LogP contribution < -0.4 is 0 Å². The molecule has 0 fully saturated rings. The molecule has 0 saturated heterocycles. The summed E-state index contributed by atoms with van der Waals surface area (Å²) < 4.78 is 35.7. The number of hydrogen-bond donors (Lipinski definition) is 1. The molecule has 0 aliphatic rings. The molecule has 0 bridgehead atoms. The lowest BCUT2D eigenvalue weighted by atomic mass is 9.92. The largest absolute Gasteiger partial charge is 0.390 e. The van der Waals surface area contributed by atoms with E-state index < -0.39 is 18.2 Å². The number of halogens is 3. The van der Waals surface area contributed by atoms with Gasteiger partial charge in [-0.1, -0.05) is 32.6 Å². The summed E-state index contributed by atoms with van der Waals surface area (Å²) >= 11 is 0. The minimum atomic E-state index is -4.10. The molecule has 1 nitrogen and oxygen atoms in total. The van der Waals surface area contributed by atoms with Crippen molar-refractivity contribution in [2.45, 2.75) is 77.0 Å². The first kappa shape index (κ1) is 15.8. The zero-order valence-corrected chi connectivity index (χ0v) is 10.2. The standard InChI is InChI=1S/C12H23F3O/c1-3-4-5-6-8-11(2,16)9-7-10-12(13,14)15/h16H,3-10H2,1-2H3. The monoisotopic (exact) mass is 240 g/mol. The van der Waals surface area contributed by atoms with Gasteiger partial charge in [0.2, 0.25) is 0 Å². The van der Waals surface area contributed by atoms with Crippen molar-refractivity contribution in [2.24, 2.45) is 0 Å². The normalized spacial score (nSPS) is 16.1. The van der Waals surface area contributed by atoms with Crippen LogP contribution in [0.3, 0.4) is 0 Å². The Hall–Kier alpha value is -0.250. The Kier molecular flexibility index (Phi) is 7.04. The minimum absolute atomic E-state index is 0.0181. The second-order valence-electron chi connectivity index (χ2n) is 4.78. The first-order chi connectivity index (χ1) is 7.27. The SMILES string of the molecule is CCCCCCC(C)(O)CCCC(F)(F)F. The summed E-state index contributed by atoms with van der Waals surface area (Å²) in [7, 11) is 0. The third-order valence-electron chi connectivity index (χ3n) is 2.74. The fourth-order valence-electron chi connectivity index (χ4n) is 1.73. The fourth-order valence-corrected chi connectivity index (χ4v) is 1.73. The van der Waals surface area contributed by atoms with E-state index in [1.165, 1.54) is 0 Å². The molecule has 0 saturated carbocycles. The maximum absolute atomic E-state index is 11.9. The predicted molar refractivity (Wildman–Crippen MR) is 59.3 cm³/mol. The van der Waals surface area contributed by atoms with Crippen LogP contribution >= 0.6 is 0 Å². The summed E-state index contributed by atoms with van der Waals surface area (Å²) in [5.41, 5.74) is -0.932. The predicted octanol–water partition coefficient (Wildman–Crippen LogP) is 4.44. The van der Waals surface area contributed by atoms with E-state index in [0.29, 0.717) is 6.42 Å². The van der Waals surface area contributed by atoms with Crippen LogP contribution in [0.1, 0.15) is 65.2 Å². The molecule has 0 aromatic rings. The highest BCUT2D eigenvalue weighted by Gasteiger charge is 2.28. The Morgan fingerprint density at radius 2 is 1.44 bits per heavy atom. The van der Waals surface area contributed by atoms with Crippen LogP contribution in [0.4, 0.5) is 13.2 Å². The molecule has 0 amide bonds. The molecule has 0 aromatic carbocycles. The average molecular weight is 240 g/mol. The highest BCUT2D eigenvalue weighted by atomic mass is 19.4. The van der Waals surface area contributed by atoms with Gasteiger partial charge in [-0.25, -0.2) is 0 Å². The Balaban J connectivity index is 3.62. The Morgan fingerprint density at radius 1 is 0.875 bits per heavy atom. The van der Waals surface area contributed by atoms with Crippen LogP contribution in [-0.2, 0) is 0 Å². The van der Waals surface area contributed by atoms with Gasteiger partial charge in [0.1, 0.15) is 0 Å². The van der Waals surface area contributed by atoms with Gasteiger partial charge in [0.15, 0.2) is 0 Å². The highest BCUT2D eigenvalue weighted by molar-refractivity contribution is 4.73.